The van der Waals surface area contributed by atoms with Gasteiger partial charge in [0.05, 0.1) is 91.1 Å². The monoisotopic (exact) mass is 1080 g/mol. The number of hydrogen-bond donors (Lipinski definition) is 0. The Balaban J connectivity index is 1.60. The van der Waals surface area contributed by atoms with Gasteiger partial charge in [-0.25, -0.2) is 0 Å². The van der Waals surface area contributed by atoms with Crippen LogP contribution in [-0.4, -0.2) is 36.5 Å². The Hall–Kier alpha value is -5.76. The van der Waals surface area contributed by atoms with Crippen LogP contribution < -0.4 is 0 Å². The van der Waals surface area contributed by atoms with E-state index in [2.05, 4.69) is 204 Å². The van der Waals surface area contributed by atoms with E-state index in [-0.39, 0.29) is 0 Å². The summed E-state index contributed by atoms with van der Waals surface area (Å²) in [6, 6.07) is 0. The van der Waals surface area contributed by atoms with Gasteiger partial charge in [0, 0.05) is 56.4 Å². The zero-order valence-corrected chi connectivity index (χ0v) is 54.9. The summed E-state index contributed by atoms with van der Waals surface area (Å²) in [7, 11) is 19.3. The Morgan fingerprint density at radius 1 is 0.125 bits per heavy atom. The summed E-state index contributed by atoms with van der Waals surface area (Å²) in [4.78, 5) is 0. The second-order valence-electron chi connectivity index (χ2n) is 23.4. The summed E-state index contributed by atoms with van der Waals surface area (Å²) in [5.74, 6) is 0. The molecule has 0 atom stereocenters. The van der Waals surface area contributed by atoms with Gasteiger partial charge in [0.25, 0.3) is 0 Å². The molecule has 1 aliphatic heterocycles. The zero-order valence-electron chi connectivity index (χ0n) is 54.9. The van der Waals surface area contributed by atoms with Crippen molar-refractivity contribution in [2.75, 3.05) is 0 Å². The van der Waals surface area contributed by atoms with Crippen LogP contribution in [-0.2, 0) is 159 Å². The third kappa shape index (κ3) is 7.70. The second-order valence-corrected chi connectivity index (χ2v) is 23.4. The van der Waals surface area contributed by atoms with Gasteiger partial charge in [0.1, 0.15) is 0 Å². The van der Waals surface area contributed by atoms with Crippen molar-refractivity contribution in [1.29, 1.82) is 0 Å². The quantitative estimate of drug-likeness (QED) is 0.0925. The van der Waals surface area contributed by atoms with Gasteiger partial charge in [-0.3, -0.25) is 0 Å². The smallest absolute Gasteiger partial charge is 0.0688 e. The minimum atomic E-state index is 0.974. The summed E-state index contributed by atoms with van der Waals surface area (Å²) >= 11 is 0. The fourth-order valence-corrected chi connectivity index (χ4v) is 17.3. The van der Waals surface area contributed by atoms with Gasteiger partial charge in [-0.05, 0) is 192 Å². The highest BCUT2D eigenvalue weighted by Gasteiger charge is 2.39. The Labute approximate surface area is 484 Å². The average Bonchev–Trinajstić information content (AvgIpc) is 4.34. The van der Waals surface area contributed by atoms with E-state index < -0.39 is 0 Å². The second kappa shape index (κ2) is 22.5. The number of fused-ring (bicyclic) bond motifs is 24. The van der Waals surface area contributed by atoms with Crippen LogP contribution in [0.1, 0.15) is 200 Å². The maximum Gasteiger partial charge on any atom is 0.0688 e. The molecule has 0 amide bonds. The number of rotatable bonds is 16. The SMILES string of the molecule is CCc1c(CC)c2n(C)c1-c1c(CC)c(CC)c(n1C)-c1c(CC)c(CC)c(n1C)-c1c(CC)c(CC)c(n1C)-c1c(CC)c(CC)c(n1C)-c1c(CC)c(CC)c(n1C)-c1c(CC)c(CC)c(n1C)-c1c(CC)c(CC)c-2n1C. The van der Waals surface area contributed by atoms with Gasteiger partial charge in [-0.15, -0.1) is 0 Å². The lowest BCUT2D eigenvalue weighted by molar-refractivity contribution is 0.833. The molecule has 0 saturated carbocycles. The molecule has 0 fully saturated rings. The molecule has 8 heteroatoms. The van der Waals surface area contributed by atoms with E-state index in [9.17, 15) is 0 Å². The molecule has 9 heterocycles. The molecule has 8 aromatic heterocycles. The molecule has 80 heavy (non-hydrogen) atoms. The van der Waals surface area contributed by atoms with Gasteiger partial charge < -0.3 is 36.5 Å². The lowest BCUT2D eigenvalue weighted by atomic mass is 9.94. The molecular formula is C72H104N8. The first-order valence-electron chi connectivity index (χ1n) is 32.1. The Morgan fingerprint density at radius 3 is 0.212 bits per heavy atom. The van der Waals surface area contributed by atoms with Crippen molar-refractivity contribution >= 4 is 0 Å². The van der Waals surface area contributed by atoms with E-state index in [1.807, 2.05) is 0 Å². The van der Waals surface area contributed by atoms with Crippen LogP contribution in [0.5, 0.6) is 0 Å². The molecule has 8 nitrogen and oxygen atoms in total. The van der Waals surface area contributed by atoms with Crippen molar-refractivity contribution in [3.05, 3.63) is 89.0 Å². The predicted octanol–water partition coefficient (Wildman–Crippen LogP) is 17.0. The van der Waals surface area contributed by atoms with Gasteiger partial charge in [0.15, 0.2) is 0 Å². The highest BCUT2D eigenvalue weighted by atomic mass is 15.1. The molecule has 0 aliphatic carbocycles. The lowest BCUT2D eigenvalue weighted by Gasteiger charge is -2.18. The molecular weight excluding hydrogens is 977 g/mol. The van der Waals surface area contributed by atoms with Gasteiger partial charge in [-0.2, -0.15) is 0 Å². The maximum atomic E-state index is 2.68. The normalized spacial score (nSPS) is 12.3. The molecule has 8 aromatic rings. The molecule has 1 aliphatic rings. The summed E-state index contributed by atoms with van der Waals surface area (Å²) in [5.41, 5.74) is 46.4. The van der Waals surface area contributed by atoms with Crippen molar-refractivity contribution in [1.82, 2.24) is 36.5 Å². The van der Waals surface area contributed by atoms with Crippen molar-refractivity contribution in [3.63, 3.8) is 0 Å². The average molecular weight is 1080 g/mol. The first kappa shape index (κ1) is 58.9. The van der Waals surface area contributed by atoms with Crippen LogP contribution in [0.2, 0.25) is 0 Å². The summed E-state index contributed by atoms with van der Waals surface area (Å²) < 4.78 is 21.4. The first-order chi connectivity index (χ1) is 38.5. The lowest BCUT2D eigenvalue weighted by Crippen LogP contribution is -2.08. The molecule has 0 radical (unpaired) electrons. The summed E-state index contributed by atoms with van der Waals surface area (Å²) in [6.45, 7) is 38.6. The Kier molecular flexibility index (Phi) is 16.6. The number of nitrogens with zero attached hydrogens (tertiary/aromatic N) is 8. The van der Waals surface area contributed by atoms with Crippen LogP contribution in [0.3, 0.4) is 0 Å². The molecule has 16 bridgehead atoms. The van der Waals surface area contributed by atoms with Gasteiger partial charge in [0.2, 0.25) is 0 Å². The van der Waals surface area contributed by atoms with Gasteiger partial charge >= 0.3 is 0 Å². The van der Waals surface area contributed by atoms with Crippen LogP contribution in [0.4, 0.5) is 0 Å². The maximum absolute atomic E-state index is 2.68. The van der Waals surface area contributed by atoms with E-state index >= 15 is 0 Å². The molecule has 0 N–H and O–H groups in total. The molecule has 9 rings (SSSR count). The van der Waals surface area contributed by atoms with Crippen molar-refractivity contribution < 1.29 is 0 Å². The van der Waals surface area contributed by atoms with Crippen molar-refractivity contribution in [3.8, 4) is 91.1 Å². The molecule has 432 valence electrons. The molecule has 0 unspecified atom stereocenters. The largest absolute Gasteiger partial charge is 0.341 e. The van der Waals surface area contributed by atoms with Crippen LogP contribution in [0.25, 0.3) is 91.1 Å². The highest BCUT2D eigenvalue weighted by Crippen LogP contribution is 2.53. The Morgan fingerprint density at radius 2 is 0.175 bits per heavy atom. The molecule has 0 saturated heterocycles. The van der Waals surface area contributed by atoms with Crippen molar-refractivity contribution in [2.24, 2.45) is 56.4 Å². The number of hydrogen-bond acceptors (Lipinski definition) is 0. The van der Waals surface area contributed by atoms with Gasteiger partial charge in [-0.1, -0.05) is 111 Å². The van der Waals surface area contributed by atoms with E-state index in [4.69, 9.17) is 0 Å². The minimum absolute atomic E-state index is 0.974. The van der Waals surface area contributed by atoms with Crippen molar-refractivity contribution in [2.45, 2.75) is 214 Å². The summed E-state index contributed by atoms with van der Waals surface area (Å²) in [5, 5.41) is 0. The standard InChI is InChI=1S/C72H104N8/c1-25-41-42(26-2)58-60-45(29-5)46(30-6)63(75(60)19)64-49(33-9)50(34-10)67(77(64)21)68-53(37-13)54(38-14)71(79(68)23)72-56(40-16)55(39-15)70(80(72)24)69-52(36-12)51(35-11)66(78(69)22)65-48(32-8)47(31-7)62(76(65)20)61-44(28-4)43(27-3)59(74(61)18)57(41)73(58)17/h25-40H2,1-24H3. The predicted molar refractivity (Wildman–Crippen MR) is 345 cm³/mol. The molecule has 0 spiro atoms. The summed E-state index contributed by atoms with van der Waals surface area (Å²) in [6.07, 6.45) is 15.6. The number of aromatic nitrogens is 8. The van der Waals surface area contributed by atoms with Crippen LogP contribution in [0, 0.1) is 0 Å². The van der Waals surface area contributed by atoms with E-state index in [1.165, 1.54) is 180 Å². The first-order valence-corrected chi connectivity index (χ1v) is 32.1. The fourth-order valence-electron chi connectivity index (χ4n) is 17.3. The van der Waals surface area contributed by atoms with Crippen LogP contribution >= 0.6 is 0 Å². The minimum Gasteiger partial charge on any atom is -0.341 e. The van der Waals surface area contributed by atoms with Crippen LogP contribution in [0.15, 0.2) is 0 Å². The van der Waals surface area contributed by atoms with E-state index in [1.54, 1.807) is 0 Å². The Bertz CT molecular complexity index is 2750. The van der Waals surface area contributed by atoms with E-state index in [0.717, 1.165) is 103 Å². The fraction of sp³-hybridized carbons (Fsp3) is 0.556. The molecule has 0 aromatic carbocycles. The third-order valence-electron chi connectivity index (χ3n) is 20.3. The third-order valence-corrected chi connectivity index (χ3v) is 20.3. The van der Waals surface area contributed by atoms with E-state index in [0.29, 0.717) is 0 Å². The topological polar surface area (TPSA) is 39.4 Å². The highest BCUT2D eigenvalue weighted by molar-refractivity contribution is 5.90. The zero-order chi connectivity index (χ0) is 58.4.